The van der Waals surface area contributed by atoms with Crippen LogP contribution in [0.4, 0.5) is 5.69 Å². The number of rotatable bonds is 4. The quantitative estimate of drug-likeness (QED) is 0.818. The Balaban J connectivity index is 1.80. The van der Waals surface area contributed by atoms with E-state index in [1.165, 1.54) is 4.31 Å². The van der Waals surface area contributed by atoms with Crippen LogP contribution in [0.25, 0.3) is 0 Å². The molecule has 1 aliphatic heterocycles. The van der Waals surface area contributed by atoms with Crippen molar-refractivity contribution in [1.29, 1.82) is 0 Å². The molecule has 2 aromatic rings. The molecule has 0 bridgehead atoms. The summed E-state index contributed by atoms with van der Waals surface area (Å²) < 4.78 is 28.0. The number of aryl methyl sites for hydroxylation is 1. The zero-order chi connectivity index (χ0) is 18.0. The Hall–Kier alpha value is -1.70. The van der Waals surface area contributed by atoms with E-state index in [1.807, 2.05) is 19.1 Å². The van der Waals surface area contributed by atoms with Crippen LogP contribution in [0.3, 0.4) is 0 Å². The number of nitrogens with zero attached hydrogens (tertiary/aromatic N) is 1. The van der Waals surface area contributed by atoms with Gasteiger partial charge in [-0.3, -0.25) is 4.79 Å². The third kappa shape index (κ3) is 3.94. The van der Waals surface area contributed by atoms with Gasteiger partial charge in [-0.15, -0.1) is 0 Å². The lowest BCUT2D eigenvalue weighted by Gasteiger charge is -2.23. The van der Waals surface area contributed by atoms with Gasteiger partial charge < -0.3 is 5.32 Å². The van der Waals surface area contributed by atoms with E-state index in [2.05, 4.69) is 21.2 Å². The van der Waals surface area contributed by atoms with E-state index in [4.69, 9.17) is 0 Å². The number of carbonyl (C=O) groups is 1. The Labute approximate surface area is 156 Å². The average Bonchev–Trinajstić information content (AvgIpc) is 3.08. The van der Waals surface area contributed by atoms with Crippen LogP contribution in [-0.2, 0) is 14.8 Å². The Bertz CT molecular complexity index is 864. The Morgan fingerprint density at radius 3 is 2.40 bits per heavy atom. The highest BCUT2D eigenvalue weighted by Gasteiger charge is 2.39. The monoisotopic (exact) mass is 422 g/mol. The molecule has 25 heavy (non-hydrogen) atoms. The average molecular weight is 423 g/mol. The third-order valence-electron chi connectivity index (χ3n) is 4.25. The molecule has 0 aliphatic carbocycles. The number of halogens is 1. The van der Waals surface area contributed by atoms with Crippen LogP contribution < -0.4 is 5.32 Å². The molecule has 1 fully saturated rings. The lowest BCUT2D eigenvalue weighted by Crippen LogP contribution is -2.43. The fourth-order valence-corrected chi connectivity index (χ4v) is 4.82. The van der Waals surface area contributed by atoms with Gasteiger partial charge >= 0.3 is 0 Å². The van der Waals surface area contributed by atoms with E-state index in [9.17, 15) is 13.2 Å². The Kier molecular flexibility index (Phi) is 5.27. The van der Waals surface area contributed by atoms with Gasteiger partial charge in [-0.05, 0) is 56.2 Å². The number of nitrogens with one attached hydrogen (secondary N) is 1. The summed E-state index contributed by atoms with van der Waals surface area (Å²) in [6, 6.07) is 13.2. The first kappa shape index (κ1) is 18.1. The van der Waals surface area contributed by atoms with Crippen molar-refractivity contribution in [2.45, 2.75) is 30.7 Å². The van der Waals surface area contributed by atoms with E-state index in [0.29, 0.717) is 25.1 Å². The lowest BCUT2D eigenvalue weighted by molar-refractivity contribution is -0.119. The molecule has 1 aliphatic rings. The normalized spacial score (nSPS) is 18.2. The van der Waals surface area contributed by atoms with Crippen molar-refractivity contribution < 1.29 is 13.2 Å². The molecule has 1 unspecified atom stereocenters. The number of carbonyl (C=O) groups excluding carboxylic acids is 1. The van der Waals surface area contributed by atoms with E-state index in [-0.39, 0.29) is 10.8 Å². The second-order valence-corrected chi connectivity index (χ2v) is 8.89. The molecule has 0 radical (unpaired) electrons. The summed E-state index contributed by atoms with van der Waals surface area (Å²) >= 11 is 3.34. The van der Waals surface area contributed by atoms with Gasteiger partial charge in [0.05, 0.1) is 4.90 Å². The standard InChI is InChI=1S/C18H19BrN2O3S/c1-13-4-10-16(11-5-13)25(23,24)21-12-2-3-17(21)18(22)20-15-8-6-14(19)7-9-15/h4-11,17H,2-3,12H2,1H3,(H,20,22). The smallest absolute Gasteiger partial charge is 0.243 e. The first-order chi connectivity index (χ1) is 11.9. The first-order valence-corrected chi connectivity index (χ1v) is 10.3. The molecule has 0 aromatic heterocycles. The van der Waals surface area contributed by atoms with E-state index < -0.39 is 16.1 Å². The predicted octanol–water partition coefficient (Wildman–Crippen LogP) is 3.55. The minimum atomic E-state index is -3.68. The van der Waals surface area contributed by atoms with Crippen LogP contribution in [0.2, 0.25) is 0 Å². The third-order valence-corrected chi connectivity index (χ3v) is 6.70. The largest absolute Gasteiger partial charge is 0.325 e. The highest BCUT2D eigenvalue weighted by Crippen LogP contribution is 2.27. The fraction of sp³-hybridized carbons (Fsp3) is 0.278. The van der Waals surface area contributed by atoms with Gasteiger partial charge in [0.25, 0.3) is 0 Å². The fourth-order valence-electron chi connectivity index (χ4n) is 2.89. The second kappa shape index (κ2) is 7.27. The molecular weight excluding hydrogens is 404 g/mol. The Morgan fingerprint density at radius 1 is 1.12 bits per heavy atom. The molecule has 132 valence electrons. The van der Waals surface area contributed by atoms with Crippen molar-refractivity contribution >= 4 is 37.5 Å². The minimum absolute atomic E-state index is 0.224. The molecule has 1 atom stereocenters. The highest BCUT2D eigenvalue weighted by atomic mass is 79.9. The molecule has 1 heterocycles. The van der Waals surface area contributed by atoms with Crippen molar-refractivity contribution in [1.82, 2.24) is 4.31 Å². The van der Waals surface area contributed by atoms with Gasteiger partial charge in [0.15, 0.2) is 0 Å². The van der Waals surface area contributed by atoms with Crippen LogP contribution in [0.15, 0.2) is 57.9 Å². The van der Waals surface area contributed by atoms with Crippen molar-refractivity contribution in [3.05, 3.63) is 58.6 Å². The van der Waals surface area contributed by atoms with Gasteiger partial charge in [-0.2, -0.15) is 4.31 Å². The summed E-state index contributed by atoms with van der Waals surface area (Å²) in [6.45, 7) is 2.26. The zero-order valence-corrected chi connectivity index (χ0v) is 16.2. The summed E-state index contributed by atoms with van der Waals surface area (Å²) in [4.78, 5) is 12.8. The topological polar surface area (TPSA) is 66.5 Å². The summed E-state index contributed by atoms with van der Waals surface area (Å²) in [5.74, 6) is -0.296. The van der Waals surface area contributed by atoms with Crippen molar-refractivity contribution in [2.75, 3.05) is 11.9 Å². The van der Waals surface area contributed by atoms with E-state index in [0.717, 1.165) is 10.0 Å². The van der Waals surface area contributed by atoms with Gasteiger partial charge in [0.2, 0.25) is 15.9 Å². The van der Waals surface area contributed by atoms with E-state index in [1.54, 1.807) is 36.4 Å². The molecule has 1 N–H and O–H groups in total. The number of sulfonamides is 1. The van der Waals surface area contributed by atoms with Gasteiger partial charge in [-0.25, -0.2) is 8.42 Å². The summed E-state index contributed by atoms with van der Waals surface area (Å²) in [5, 5.41) is 2.81. The maximum absolute atomic E-state index is 12.9. The minimum Gasteiger partial charge on any atom is -0.325 e. The predicted molar refractivity (Wildman–Crippen MR) is 101 cm³/mol. The molecule has 0 saturated carbocycles. The second-order valence-electron chi connectivity index (χ2n) is 6.08. The summed E-state index contributed by atoms with van der Waals surface area (Å²) in [5.41, 5.74) is 1.64. The van der Waals surface area contributed by atoms with Crippen LogP contribution in [0.1, 0.15) is 18.4 Å². The van der Waals surface area contributed by atoms with E-state index >= 15 is 0 Å². The summed E-state index contributed by atoms with van der Waals surface area (Å²) in [6.07, 6.45) is 1.19. The van der Waals surface area contributed by atoms with Crippen LogP contribution in [0, 0.1) is 6.92 Å². The number of benzene rings is 2. The van der Waals surface area contributed by atoms with Crippen molar-refractivity contribution in [3.63, 3.8) is 0 Å². The highest BCUT2D eigenvalue weighted by molar-refractivity contribution is 9.10. The van der Waals surface area contributed by atoms with Gasteiger partial charge in [0, 0.05) is 16.7 Å². The Morgan fingerprint density at radius 2 is 1.76 bits per heavy atom. The molecular formula is C18H19BrN2O3S. The SMILES string of the molecule is Cc1ccc(S(=O)(=O)N2CCCC2C(=O)Nc2ccc(Br)cc2)cc1. The number of anilines is 1. The zero-order valence-electron chi connectivity index (χ0n) is 13.8. The molecule has 0 spiro atoms. The molecule has 2 aromatic carbocycles. The van der Waals surface area contributed by atoms with Crippen LogP contribution in [-0.4, -0.2) is 31.2 Å². The molecule has 5 nitrogen and oxygen atoms in total. The van der Waals surface area contributed by atoms with Gasteiger partial charge in [0.1, 0.15) is 6.04 Å². The maximum atomic E-state index is 12.9. The van der Waals surface area contributed by atoms with Crippen LogP contribution in [0.5, 0.6) is 0 Å². The lowest BCUT2D eigenvalue weighted by atomic mass is 10.2. The summed E-state index contributed by atoms with van der Waals surface area (Å²) in [7, 11) is -3.68. The number of hydrogen-bond donors (Lipinski definition) is 1. The van der Waals surface area contributed by atoms with Crippen LogP contribution >= 0.6 is 15.9 Å². The van der Waals surface area contributed by atoms with Gasteiger partial charge in [-0.1, -0.05) is 33.6 Å². The van der Waals surface area contributed by atoms with Crippen molar-refractivity contribution in [2.24, 2.45) is 0 Å². The van der Waals surface area contributed by atoms with Crippen molar-refractivity contribution in [3.8, 4) is 0 Å². The maximum Gasteiger partial charge on any atom is 0.243 e. The molecule has 1 saturated heterocycles. The molecule has 7 heteroatoms. The first-order valence-electron chi connectivity index (χ1n) is 8.03. The number of hydrogen-bond acceptors (Lipinski definition) is 3. The molecule has 1 amide bonds. The molecule has 3 rings (SSSR count). The number of amides is 1.